The largest absolute Gasteiger partial charge is 0.396 e. The van der Waals surface area contributed by atoms with E-state index >= 15 is 0 Å². The molecule has 1 aromatic carbocycles. The van der Waals surface area contributed by atoms with Crippen molar-refractivity contribution in [2.45, 2.75) is 57.8 Å². The second kappa shape index (κ2) is 10.1. The molecule has 0 saturated carbocycles. The zero-order valence-electron chi connectivity index (χ0n) is 11.2. The van der Waals surface area contributed by atoms with E-state index in [0.717, 1.165) is 19.3 Å². The van der Waals surface area contributed by atoms with E-state index in [1.807, 2.05) is 12.1 Å². The van der Waals surface area contributed by atoms with Gasteiger partial charge in [-0.1, -0.05) is 50.7 Å². The number of hydrogen-bond acceptors (Lipinski definition) is 1. The minimum absolute atomic E-state index is 0.151. The van der Waals surface area contributed by atoms with Crippen LogP contribution in [0.3, 0.4) is 0 Å². The molecule has 18 heavy (non-hydrogen) atoms. The van der Waals surface area contributed by atoms with Gasteiger partial charge in [0.25, 0.3) is 0 Å². The molecule has 1 aromatic rings. The number of aliphatic hydroxyl groups is 1. The van der Waals surface area contributed by atoms with Gasteiger partial charge in [-0.05, 0) is 37.0 Å². The highest BCUT2D eigenvalue weighted by atomic mass is 19.1. The minimum atomic E-state index is -0.151. The summed E-state index contributed by atoms with van der Waals surface area (Å²) in [7, 11) is 0. The lowest BCUT2D eigenvalue weighted by atomic mass is 10.0. The van der Waals surface area contributed by atoms with Gasteiger partial charge in [-0.3, -0.25) is 0 Å². The second-order valence-corrected chi connectivity index (χ2v) is 4.93. The van der Waals surface area contributed by atoms with E-state index in [9.17, 15) is 4.39 Å². The van der Waals surface area contributed by atoms with Gasteiger partial charge in [0.2, 0.25) is 0 Å². The molecule has 1 nitrogen and oxygen atoms in total. The van der Waals surface area contributed by atoms with Crippen LogP contribution in [0.4, 0.5) is 4.39 Å². The normalized spacial score (nSPS) is 10.8. The maximum Gasteiger partial charge on any atom is 0.123 e. The van der Waals surface area contributed by atoms with Crippen LogP contribution in [-0.4, -0.2) is 11.7 Å². The molecular weight excluding hydrogens is 227 g/mol. The summed E-state index contributed by atoms with van der Waals surface area (Å²) in [6.07, 6.45) is 10.8. The highest BCUT2D eigenvalue weighted by Gasteiger charge is 1.95. The number of aliphatic hydroxyl groups excluding tert-OH is 1. The third kappa shape index (κ3) is 7.44. The lowest BCUT2D eigenvalue weighted by molar-refractivity contribution is 0.282. The topological polar surface area (TPSA) is 20.2 Å². The first-order chi connectivity index (χ1) is 8.83. The first-order valence-electron chi connectivity index (χ1n) is 7.18. The summed E-state index contributed by atoms with van der Waals surface area (Å²) in [6.45, 7) is 0.331. The maximum absolute atomic E-state index is 12.7. The van der Waals surface area contributed by atoms with Crippen molar-refractivity contribution in [3.63, 3.8) is 0 Å². The van der Waals surface area contributed by atoms with Gasteiger partial charge in [0.1, 0.15) is 5.82 Å². The van der Waals surface area contributed by atoms with Crippen molar-refractivity contribution >= 4 is 0 Å². The highest BCUT2D eigenvalue weighted by Crippen LogP contribution is 2.11. The van der Waals surface area contributed by atoms with Gasteiger partial charge >= 0.3 is 0 Å². The molecular formula is C16H25FO. The van der Waals surface area contributed by atoms with E-state index in [1.54, 1.807) is 0 Å². The molecule has 0 radical (unpaired) electrons. The molecule has 1 N–H and O–H groups in total. The van der Waals surface area contributed by atoms with Crippen LogP contribution in [-0.2, 0) is 6.42 Å². The predicted molar refractivity (Wildman–Crippen MR) is 74.1 cm³/mol. The van der Waals surface area contributed by atoms with E-state index in [1.165, 1.54) is 56.2 Å². The van der Waals surface area contributed by atoms with Crippen molar-refractivity contribution in [1.29, 1.82) is 0 Å². The summed E-state index contributed by atoms with van der Waals surface area (Å²) in [5.74, 6) is -0.151. The Morgan fingerprint density at radius 1 is 0.722 bits per heavy atom. The molecule has 102 valence electrons. The highest BCUT2D eigenvalue weighted by molar-refractivity contribution is 5.15. The Morgan fingerprint density at radius 2 is 1.22 bits per heavy atom. The van der Waals surface area contributed by atoms with Gasteiger partial charge in [0.15, 0.2) is 0 Å². The summed E-state index contributed by atoms with van der Waals surface area (Å²) < 4.78 is 12.7. The molecule has 2 heteroatoms. The Bertz CT molecular complexity index is 294. The Kier molecular flexibility index (Phi) is 8.49. The SMILES string of the molecule is OCCCCCCCCCCc1ccc(F)cc1. The standard InChI is InChI=1S/C16H25FO/c17-16-12-10-15(11-13-16)9-7-5-3-1-2-4-6-8-14-18/h10-13,18H,1-9,14H2. The molecule has 0 aliphatic carbocycles. The Labute approximate surface area is 110 Å². The quantitative estimate of drug-likeness (QED) is 0.609. The predicted octanol–water partition coefficient (Wildman–Crippen LogP) is 4.48. The monoisotopic (exact) mass is 252 g/mol. The summed E-state index contributed by atoms with van der Waals surface area (Å²) in [5, 5.41) is 8.64. The smallest absolute Gasteiger partial charge is 0.123 e. The summed E-state index contributed by atoms with van der Waals surface area (Å²) >= 11 is 0. The zero-order chi connectivity index (χ0) is 13.1. The Morgan fingerprint density at radius 3 is 1.78 bits per heavy atom. The van der Waals surface area contributed by atoms with Crippen molar-refractivity contribution < 1.29 is 9.50 Å². The molecule has 0 heterocycles. The van der Waals surface area contributed by atoms with E-state index in [0.29, 0.717) is 6.61 Å². The van der Waals surface area contributed by atoms with Gasteiger partial charge < -0.3 is 5.11 Å². The fourth-order valence-corrected chi connectivity index (χ4v) is 2.15. The van der Waals surface area contributed by atoms with Crippen LogP contribution < -0.4 is 0 Å². The minimum Gasteiger partial charge on any atom is -0.396 e. The van der Waals surface area contributed by atoms with Gasteiger partial charge in [-0.15, -0.1) is 0 Å². The maximum atomic E-state index is 12.7. The number of unbranched alkanes of at least 4 members (excludes halogenated alkanes) is 7. The van der Waals surface area contributed by atoms with Crippen LogP contribution in [0.15, 0.2) is 24.3 Å². The number of rotatable bonds is 10. The van der Waals surface area contributed by atoms with Crippen LogP contribution >= 0.6 is 0 Å². The molecule has 0 amide bonds. The number of halogens is 1. The summed E-state index contributed by atoms with van der Waals surface area (Å²) in [5.41, 5.74) is 1.24. The van der Waals surface area contributed by atoms with Crippen LogP contribution in [0.1, 0.15) is 56.9 Å². The number of benzene rings is 1. The van der Waals surface area contributed by atoms with E-state index < -0.39 is 0 Å². The third-order valence-electron chi connectivity index (χ3n) is 3.29. The second-order valence-electron chi connectivity index (χ2n) is 4.93. The first-order valence-corrected chi connectivity index (χ1v) is 7.18. The van der Waals surface area contributed by atoms with E-state index in [2.05, 4.69) is 0 Å². The van der Waals surface area contributed by atoms with E-state index in [-0.39, 0.29) is 5.82 Å². The van der Waals surface area contributed by atoms with Gasteiger partial charge in [-0.25, -0.2) is 4.39 Å². The average Bonchev–Trinajstić information content (AvgIpc) is 2.39. The fraction of sp³-hybridized carbons (Fsp3) is 0.625. The third-order valence-corrected chi connectivity index (χ3v) is 3.29. The fourth-order valence-electron chi connectivity index (χ4n) is 2.15. The first kappa shape index (κ1) is 15.2. The lowest BCUT2D eigenvalue weighted by Gasteiger charge is -2.02. The van der Waals surface area contributed by atoms with Crippen LogP contribution in [0.25, 0.3) is 0 Å². The van der Waals surface area contributed by atoms with Crippen molar-refractivity contribution in [3.8, 4) is 0 Å². The van der Waals surface area contributed by atoms with Crippen molar-refractivity contribution in [2.24, 2.45) is 0 Å². The Hall–Kier alpha value is -0.890. The molecule has 0 aliphatic rings. The van der Waals surface area contributed by atoms with Crippen molar-refractivity contribution in [1.82, 2.24) is 0 Å². The van der Waals surface area contributed by atoms with Crippen LogP contribution in [0.5, 0.6) is 0 Å². The lowest BCUT2D eigenvalue weighted by Crippen LogP contribution is -1.87. The van der Waals surface area contributed by atoms with Gasteiger partial charge in [0, 0.05) is 6.61 Å². The summed E-state index contributed by atoms with van der Waals surface area (Å²) in [4.78, 5) is 0. The van der Waals surface area contributed by atoms with Crippen molar-refractivity contribution in [2.75, 3.05) is 6.61 Å². The van der Waals surface area contributed by atoms with Gasteiger partial charge in [-0.2, -0.15) is 0 Å². The van der Waals surface area contributed by atoms with Gasteiger partial charge in [0.05, 0.1) is 0 Å². The molecule has 0 unspecified atom stereocenters. The van der Waals surface area contributed by atoms with E-state index in [4.69, 9.17) is 5.11 Å². The molecule has 0 atom stereocenters. The van der Waals surface area contributed by atoms with Crippen LogP contribution in [0.2, 0.25) is 0 Å². The molecule has 0 aromatic heterocycles. The molecule has 0 fully saturated rings. The van der Waals surface area contributed by atoms with Crippen LogP contribution in [0, 0.1) is 5.82 Å². The molecule has 0 bridgehead atoms. The summed E-state index contributed by atoms with van der Waals surface area (Å²) in [6, 6.07) is 6.83. The molecule has 0 spiro atoms. The number of hydrogen-bond donors (Lipinski definition) is 1. The van der Waals surface area contributed by atoms with Crippen molar-refractivity contribution in [3.05, 3.63) is 35.6 Å². The Balaban J connectivity index is 1.91. The molecule has 0 saturated heterocycles. The average molecular weight is 252 g/mol. The number of aryl methyl sites for hydroxylation is 1. The molecule has 0 aliphatic heterocycles. The zero-order valence-corrected chi connectivity index (χ0v) is 11.2. The molecule has 1 rings (SSSR count).